The van der Waals surface area contributed by atoms with Gasteiger partial charge in [-0.3, -0.25) is 14.5 Å². The third kappa shape index (κ3) is 3.75. The molecule has 4 rings (SSSR count). The van der Waals surface area contributed by atoms with Gasteiger partial charge in [-0.1, -0.05) is 18.2 Å². The van der Waals surface area contributed by atoms with E-state index in [-0.39, 0.29) is 11.8 Å². The first-order chi connectivity index (χ1) is 12.7. The number of hydrogen-bond acceptors (Lipinski definition) is 5. The van der Waals surface area contributed by atoms with Gasteiger partial charge in [0, 0.05) is 49.9 Å². The molecule has 1 aromatic carbocycles. The molecule has 0 N–H and O–H groups in total. The van der Waals surface area contributed by atoms with Crippen molar-refractivity contribution in [2.75, 3.05) is 62.3 Å². The number of morpholine rings is 1. The standard InChI is InChI=1S/C19H25N3O3S/c23-18(22-6-5-15-3-1-2-4-16(15)22)14-20-7-10-25-17(13-20)19(24)21-8-11-26-12-9-21/h1-4,17H,5-14H2. The van der Waals surface area contributed by atoms with E-state index in [0.717, 1.165) is 43.2 Å². The van der Waals surface area contributed by atoms with Crippen LogP contribution in [0.15, 0.2) is 24.3 Å². The zero-order valence-electron chi connectivity index (χ0n) is 14.9. The lowest BCUT2D eigenvalue weighted by Gasteiger charge is -2.36. The lowest BCUT2D eigenvalue weighted by Crippen LogP contribution is -2.54. The minimum atomic E-state index is -0.439. The van der Waals surface area contributed by atoms with Crippen molar-refractivity contribution < 1.29 is 14.3 Å². The minimum absolute atomic E-state index is 0.0777. The van der Waals surface area contributed by atoms with Crippen LogP contribution in [-0.2, 0) is 20.7 Å². The molecular weight excluding hydrogens is 350 g/mol. The molecule has 3 aliphatic rings. The maximum absolute atomic E-state index is 12.8. The van der Waals surface area contributed by atoms with E-state index >= 15 is 0 Å². The predicted molar refractivity (Wildman–Crippen MR) is 103 cm³/mol. The largest absolute Gasteiger partial charge is 0.366 e. The van der Waals surface area contributed by atoms with Gasteiger partial charge in [-0.25, -0.2) is 0 Å². The van der Waals surface area contributed by atoms with Gasteiger partial charge in [0.05, 0.1) is 13.2 Å². The molecule has 1 unspecified atom stereocenters. The fourth-order valence-corrected chi connectivity index (χ4v) is 4.76. The van der Waals surface area contributed by atoms with E-state index in [0.29, 0.717) is 26.2 Å². The molecule has 0 aromatic heterocycles. The van der Waals surface area contributed by atoms with E-state index in [4.69, 9.17) is 4.74 Å². The highest BCUT2D eigenvalue weighted by molar-refractivity contribution is 7.99. The second kappa shape index (κ2) is 7.98. The molecule has 2 amide bonds. The van der Waals surface area contributed by atoms with Crippen LogP contribution in [0.2, 0.25) is 0 Å². The third-order valence-corrected chi connectivity index (χ3v) is 6.24. The van der Waals surface area contributed by atoms with Gasteiger partial charge in [0.25, 0.3) is 5.91 Å². The maximum atomic E-state index is 12.8. The first-order valence-electron chi connectivity index (χ1n) is 9.31. The average Bonchev–Trinajstić information content (AvgIpc) is 3.12. The van der Waals surface area contributed by atoms with Crippen LogP contribution in [0, 0.1) is 0 Å². The molecule has 0 radical (unpaired) electrons. The van der Waals surface area contributed by atoms with Crippen molar-refractivity contribution in [2.24, 2.45) is 0 Å². The topological polar surface area (TPSA) is 53.1 Å². The maximum Gasteiger partial charge on any atom is 0.253 e. The molecule has 0 saturated carbocycles. The number of carbonyl (C=O) groups is 2. The minimum Gasteiger partial charge on any atom is -0.366 e. The van der Waals surface area contributed by atoms with Crippen molar-refractivity contribution in [3.05, 3.63) is 29.8 Å². The number of benzene rings is 1. The van der Waals surface area contributed by atoms with Gasteiger partial charge in [-0.2, -0.15) is 11.8 Å². The Morgan fingerprint density at radius 1 is 1.12 bits per heavy atom. The number of amides is 2. The second-order valence-electron chi connectivity index (χ2n) is 6.96. The summed E-state index contributed by atoms with van der Waals surface area (Å²) >= 11 is 1.88. The summed E-state index contributed by atoms with van der Waals surface area (Å²) in [6.45, 7) is 4.39. The Hall–Kier alpha value is -1.57. The zero-order chi connectivity index (χ0) is 17.9. The van der Waals surface area contributed by atoms with Crippen LogP contribution in [0.1, 0.15) is 5.56 Å². The summed E-state index contributed by atoms with van der Waals surface area (Å²) in [6, 6.07) is 8.10. The highest BCUT2D eigenvalue weighted by Gasteiger charge is 2.33. The Morgan fingerprint density at radius 3 is 2.77 bits per heavy atom. The SMILES string of the molecule is O=C(C1CN(CC(=O)N2CCc3ccccc32)CCO1)N1CCSCC1. The fourth-order valence-electron chi connectivity index (χ4n) is 3.86. The van der Waals surface area contributed by atoms with Crippen molar-refractivity contribution >= 4 is 29.3 Å². The summed E-state index contributed by atoms with van der Waals surface area (Å²) in [6.07, 6.45) is 0.476. The van der Waals surface area contributed by atoms with Crippen LogP contribution < -0.4 is 4.90 Å². The van der Waals surface area contributed by atoms with E-state index in [2.05, 4.69) is 11.0 Å². The van der Waals surface area contributed by atoms with E-state index < -0.39 is 6.10 Å². The van der Waals surface area contributed by atoms with Crippen LogP contribution in [0.4, 0.5) is 5.69 Å². The molecule has 3 aliphatic heterocycles. The highest BCUT2D eigenvalue weighted by Crippen LogP contribution is 2.27. The van der Waals surface area contributed by atoms with Gasteiger partial charge in [0.1, 0.15) is 6.10 Å². The van der Waals surface area contributed by atoms with Crippen molar-refractivity contribution in [3.63, 3.8) is 0 Å². The first kappa shape index (κ1) is 17.8. The number of carbonyl (C=O) groups excluding carboxylic acids is 2. The summed E-state index contributed by atoms with van der Waals surface area (Å²) in [5.41, 5.74) is 2.27. The molecule has 140 valence electrons. The highest BCUT2D eigenvalue weighted by atomic mass is 32.2. The van der Waals surface area contributed by atoms with Gasteiger partial charge in [-0.05, 0) is 18.1 Å². The Labute approximate surface area is 158 Å². The summed E-state index contributed by atoms with van der Waals surface area (Å²) in [4.78, 5) is 31.3. The number of para-hydroxylation sites is 1. The normalized spacial score (nSPS) is 23.8. The molecule has 2 fully saturated rings. The molecule has 26 heavy (non-hydrogen) atoms. The molecule has 6 nitrogen and oxygen atoms in total. The van der Waals surface area contributed by atoms with Crippen molar-refractivity contribution in [3.8, 4) is 0 Å². The number of hydrogen-bond donors (Lipinski definition) is 0. The molecule has 0 spiro atoms. The van der Waals surface area contributed by atoms with Crippen LogP contribution in [0.3, 0.4) is 0 Å². The van der Waals surface area contributed by atoms with E-state index in [9.17, 15) is 9.59 Å². The van der Waals surface area contributed by atoms with Crippen molar-refractivity contribution in [2.45, 2.75) is 12.5 Å². The van der Waals surface area contributed by atoms with E-state index in [1.54, 1.807) is 0 Å². The van der Waals surface area contributed by atoms with E-state index in [1.165, 1.54) is 5.56 Å². The summed E-state index contributed by atoms with van der Waals surface area (Å²) in [5, 5.41) is 0. The summed E-state index contributed by atoms with van der Waals surface area (Å²) in [7, 11) is 0. The predicted octanol–water partition coefficient (Wildman–Crippen LogP) is 0.852. The number of thioether (sulfide) groups is 1. The zero-order valence-corrected chi connectivity index (χ0v) is 15.7. The van der Waals surface area contributed by atoms with Crippen LogP contribution in [-0.4, -0.2) is 85.1 Å². The smallest absolute Gasteiger partial charge is 0.253 e. The van der Waals surface area contributed by atoms with Crippen molar-refractivity contribution in [1.29, 1.82) is 0 Å². The van der Waals surface area contributed by atoms with Crippen LogP contribution >= 0.6 is 11.8 Å². The Bertz CT molecular complexity index is 678. The van der Waals surface area contributed by atoms with Gasteiger partial charge in [0.2, 0.25) is 5.91 Å². The van der Waals surface area contributed by atoms with Gasteiger partial charge < -0.3 is 14.5 Å². The lowest BCUT2D eigenvalue weighted by atomic mass is 10.2. The van der Waals surface area contributed by atoms with Crippen LogP contribution in [0.5, 0.6) is 0 Å². The Balaban J connectivity index is 1.35. The molecular formula is C19H25N3O3S. The fraction of sp³-hybridized carbons (Fsp3) is 0.579. The molecule has 1 atom stereocenters. The van der Waals surface area contributed by atoms with E-state index in [1.807, 2.05) is 39.8 Å². The quantitative estimate of drug-likeness (QED) is 0.784. The number of rotatable bonds is 3. The molecule has 2 saturated heterocycles. The molecule has 0 bridgehead atoms. The van der Waals surface area contributed by atoms with Crippen molar-refractivity contribution in [1.82, 2.24) is 9.80 Å². The molecule has 3 heterocycles. The first-order valence-corrected chi connectivity index (χ1v) is 10.5. The Kier molecular flexibility index (Phi) is 5.47. The third-order valence-electron chi connectivity index (χ3n) is 5.30. The van der Waals surface area contributed by atoms with Gasteiger partial charge >= 0.3 is 0 Å². The monoisotopic (exact) mass is 375 g/mol. The average molecular weight is 375 g/mol. The van der Waals surface area contributed by atoms with Gasteiger partial charge in [-0.15, -0.1) is 0 Å². The summed E-state index contributed by atoms with van der Waals surface area (Å²) < 4.78 is 5.72. The Morgan fingerprint density at radius 2 is 1.92 bits per heavy atom. The second-order valence-corrected chi connectivity index (χ2v) is 8.18. The number of ether oxygens (including phenoxy) is 1. The molecule has 0 aliphatic carbocycles. The number of anilines is 1. The summed E-state index contributed by atoms with van der Waals surface area (Å²) in [5.74, 6) is 2.18. The number of fused-ring (bicyclic) bond motifs is 1. The molecule has 1 aromatic rings. The number of nitrogens with zero attached hydrogens (tertiary/aromatic N) is 3. The van der Waals surface area contributed by atoms with Crippen LogP contribution in [0.25, 0.3) is 0 Å². The lowest BCUT2D eigenvalue weighted by molar-refractivity contribution is -0.150. The molecule has 7 heteroatoms. The van der Waals surface area contributed by atoms with Gasteiger partial charge in [0.15, 0.2) is 0 Å².